The standard InChI is InChI=1S/C19H22N6O2S/c1-9(27)16-17(10-4-11-2-3-12(5-10)23-11)24-19-13(6-22-25(19)18(16)20)14-7-21-15(8-26)28-14/h6-7,10-12,23,26H,2-5,8,20H2,1H3/t10?,11-,12+. The van der Waals surface area contributed by atoms with Crippen LogP contribution in [0.4, 0.5) is 5.82 Å². The largest absolute Gasteiger partial charge is 0.389 e. The molecule has 28 heavy (non-hydrogen) atoms. The third kappa shape index (κ3) is 2.73. The van der Waals surface area contributed by atoms with Gasteiger partial charge < -0.3 is 16.2 Å². The highest BCUT2D eigenvalue weighted by atomic mass is 32.1. The summed E-state index contributed by atoms with van der Waals surface area (Å²) in [7, 11) is 0. The Hall–Kier alpha value is -2.36. The Morgan fingerprint density at radius 1 is 1.36 bits per heavy atom. The van der Waals surface area contributed by atoms with Crippen LogP contribution in [0.5, 0.6) is 0 Å². The number of aliphatic hydroxyl groups excluding tert-OH is 1. The van der Waals surface area contributed by atoms with E-state index in [1.807, 2.05) is 0 Å². The van der Waals surface area contributed by atoms with Gasteiger partial charge in [-0.05, 0) is 32.6 Å². The van der Waals surface area contributed by atoms with Gasteiger partial charge in [0.1, 0.15) is 10.8 Å². The fourth-order valence-corrected chi connectivity index (χ4v) is 5.43. The predicted octanol–water partition coefficient (Wildman–Crippen LogP) is 2.13. The first-order valence-corrected chi connectivity index (χ1v) is 10.4. The number of aromatic nitrogens is 4. The van der Waals surface area contributed by atoms with Crippen LogP contribution in [0.25, 0.3) is 16.1 Å². The number of ketones is 1. The average molecular weight is 398 g/mol. The monoisotopic (exact) mass is 398 g/mol. The summed E-state index contributed by atoms with van der Waals surface area (Å²) >= 11 is 1.40. The zero-order chi connectivity index (χ0) is 19.4. The van der Waals surface area contributed by atoms with Crippen molar-refractivity contribution in [2.75, 3.05) is 5.73 Å². The summed E-state index contributed by atoms with van der Waals surface area (Å²) in [5.74, 6) is 0.476. The van der Waals surface area contributed by atoms with Gasteiger partial charge in [-0.3, -0.25) is 4.79 Å². The Kier molecular flexibility index (Phi) is 4.18. The zero-order valence-corrected chi connectivity index (χ0v) is 16.4. The second-order valence-corrected chi connectivity index (χ2v) is 8.80. The molecule has 8 nitrogen and oxygen atoms in total. The van der Waals surface area contributed by atoms with Crippen molar-refractivity contribution in [3.63, 3.8) is 0 Å². The van der Waals surface area contributed by atoms with Gasteiger partial charge in [0.15, 0.2) is 11.4 Å². The molecule has 146 valence electrons. The Labute approximate surface area is 165 Å². The van der Waals surface area contributed by atoms with Gasteiger partial charge in [-0.2, -0.15) is 9.61 Å². The minimum absolute atomic E-state index is 0.0785. The number of carbonyl (C=O) groups is 1. The molecule has 2 bridgehead atoms. The van der Waals surface area contributed by atoms with Crippen molar-refractivity contribution >= 4 is 28.6 Å². The molecule has 2 aliphatic heterocycles. The van der Waals surface area contributed by atoms with E-state index in [-0.39, 0.29) is 18.3 Å². The molecule has 3 aromatic rings. The lowest BCUT2D eigenvalue weighted by Crippen LogP contribution is -2.38. The van der Waals surface area contributed by atoms with Gasteiger partial charge in [0.2, 0.25) is 0 Å². The number of hydrogen-bond donors (Lipinski definition) is 3. The third-order valence-corrected chi connectivity index (χ3v) is 6.89. The first-order chi connectivity index (χ1) is 13.5. The minimum atomic E-state index is -0.100. The van der Waals surface area contributed by atoms with E-state index in [2.05, 4.69) is 15.4 Å². The molecule has 0 spiro atoms. The van der Waals surface area contributed by atoms with Crippen LogP contribution in [0.3, 0.4) is 0 Å². The molecule has 5 rings (SSSR count). The molecule has 3 aromatic heterocycles. The number of carbonyl (C=O) groups excluding carboxylic acids is 1. The number of rotatable bonds is 4. The van der Waals surface area contributed by atoms with Crippen LogP contribution in [-0.4, -0.2) is 42.6 Å². The molecule has 0 saturated carbocycles. The fraction of sp³-hybridized carbons (Fsp3) is 0.474. The second kappa shape index (κ2) is 6.61. The van der Waals surface area contributed by atoms with Crippen LogP contribution < -0.4 is 11.1 Å². The fourth-order valence-electron chi connectivity index (χ4n) is 4.65. The minimum Gasteiger partial charge on any atom is -0.389 e. The van der Waals surface area contributed by atoms with Crippen LogP contribution >= 0.6 is 11.3 Å². The molecule has 0 amide bonds. The number of thiazole rings is 1. The second-order valence-electron chi connectivity index (χ2n) is 7.69. The number of nitrogens with one attached hydrogen (secondary N) is 1. The molecule has 1 unspecified atom stereocenters. The van der Waals surface area contributed by atoms with E-state index in [4.69, 9.17) is 10.7 Å². The van der Waals surface area contributed by atoms with Crippen LogP contribution in [0, 0.1) is 0 Å². The van der Waals surface area contributed by atoms with Gasteiger partial charge >= 0.3 is 0 Å². The lowest BCUT2D eigenvalue weighted by Gasteiger charge is -2.30. The van der Waals surface area contributed by atoms with Crippen molar-refractivity contribution in [2.24, 2.45) is 0 Å². The van der Waals surface area contributed by atoms with Crippen molar-refractivity contribution in [1.82, 2.24) is 24.9 Å². The van der Waals surface area contributed by atoms with Gasteiger partial charge in [-0.1, -0.05) is 0 Å². The summed E-state index contributed by atoms with van der Waals surface area (Å²) in [4.78, 5) is 22.5. The number of piperidine rings is 1. The van der Waals surface area contributed by atoms with E-state index in [9.17, 15) is 9.90 Å². The highest BCUT2D eigenvalue weighted by molar-refractivity contribution is 7.15. The molecule has 3 atom stereocenters. The normalized spacial score (nSPS) is 24.1. The molecule has 9 heteroatoms. The summed E-state index contributed by atoms with van der Waals surface area (Å²) < 4.78 is 1.55. The number of nitrogens with zero attached hydrogens (tertiary/aromatic N) is 4. The molecule has 2 saturated heterocycles. The highest BCUT2D eigenvalue weighted by Crippen LogP contribution is 2.40. The van der Waals surface area contributed by atoms with E-state index >= 15 is 0 Å². The molecule has 2 aliphatic rings. The quantitative estimate of drug-likeness (QED) is 0.576. The number of anilines is 1. The van der Waals surface area contributed by atoms with Gasteiger partial charge in [-0.25, -0.2) is 9.97 Å². The molecular formula is C19H22N6O2S. The molecule has 2 fully saturated rings. The van der Waals surface area contributed by atoms with Crippen LogP contribution in [0.15, 0.2) is 12.4 Å². The van der Waals surface area contributed by atoms with Crippen molar-refractivity contribution in [2.45, 2.75) is 57.2 Å². The van der Waals surface area contributed by atoms with Crippen LogP contribution in [-0.2, 0) is 6.61 Å². The Morgan fingerprint density at radius 2 is 2.11 bits per heavy atom. The van der Waals surface area contributed by atoms with E-state index in [1.54, 1.807) is 23.8 Å². The molecule has 0 radical (unpaired) electrons. The van der Waals surface area contributed by atoms with E-state index in [0.717, 1.165) is 29.0 Å². The van der Waals surface area contributed by atoms with Gasteiger partial charge in [0.25, 0.3) is 0 Å². The first-order valence-electron chi connectivity index (χ1n) is 9.55. The van der Waals surface area contributed by atoms with Crippen LogP contribution in [0.1, 0.15) is 59.6 Å². The van der Waals surface area contributed by atoms with E-state index in [1.165, 1.54) is 24.2 Å². The number of nitrogens with two attached hydrogens (primary N) is 1. The molecule has 0 aromatic carbocycles. The van der Waals surface area contributed by atoms with Crippen molar-refractivity contribution in [1.29, 1.82) is 0 Å². The topological polar surface area (TPSA) is 118 Å². The Bertz CT molecular complexity index is 1060. The molecule has 4 N–H and O–H groups in total. The van der Waals surface area contributed by atoms with Gasteiger partial charge in [-0.15, -0.1) is 11.3 Å². The SMILES string of the molecule is CC(=O)c1c(C2C[C@H]3CC[C@@H](C2)N3)nc2c(-c3cnc(CO)s3)cnn2c1N. The number of nitrogen functional groups attached to an aromatic ring is 1. The maximum atomic E-state index is 12.5. The number of Topliss-reactive ketones (excluding diaryl/α,β-unsaturated/α-hetero) is 1. The number of hydrogen-bond acceptors (Lipinski definition) is 8. The Balaban J connectivity index is 1.68. The summed E-state index contributed by atoms with van der Waals surface area (Å²) in [6.07, 6.45) is 7.71. The van der Waals surface area contributed by atoms with Crippen molar-refractivity contribution < 1.29 is 9.90 Å². The average Bonchev–Trinajstić information content (AvgIpc) is 3.39. The predicted molar refractivity (Wildman–Crippen MR) is 106 cm³/mol. The zero-order valence-electron chi connectivity index (χ0n) is 15.6. The van der Waals surface area contributed by atoms with Crippen LogP contribution in [0.2, 0.25) is 0 Å². The molecule has 0 aliphatic carbocycles. The molecular weight excluding hydrogens is 376 g/mol. The third-order valence-electron chi connectivity index (χ3n) is 5.88. The number of aliphatic hydroxyl groups is 1. The Morgan fingerprint density at radius 3 is 2.75 bits per heavy atom. The maximum absolute atomic E-state index is 12.5. The van der Waals surface area contributed by atoms with Gasteiger partial charge in [0.05, 0.1) is 34.5 Å². The lowest BCUT2D eigenvalue weighted by atomic mass is 9.86. The van der Waals surface area contributed by atoms with E-state index < -0.39 is 0 Å². The van der Waals surface area contributed by atoms with Gasteiger partial charge in [0, 0.05) is 24.2 Å². The number of fused-ring (bicyclic) bond motifs is 3. The van der Waals surface area contributed by atoms with Crippen molar-refractivity contribution in [3.05, 3.63) is 28.7 Å². The summed E-state index contributed by atoms with van der Waals surface area (Å²) in [5.41, 5.74) is 9.15. The van der Waals surface area contributed by atoms with E-state index in [0.29, 0.717) is 34.1 Å². The summed E-state index contributed by atoms with van der Waals surface area (Å²) in [6, 6.07) is 0.974. The van der Waals surface area contributed by atoms with Crippen molar-refractivity contribution in [3.8, 4) is 10.4 Å². The molecule has 5 heterocycles. The lowest BCUT2D eigenvalue weighted by molar-refractivity contribution is 0.101. The first kappa shape index (κ1) is 17.7. The maximum Gasteiger partial charge on any atom is 0.166 e. The highest BCUT2D eigenvalue weighted by Gasteiger charge is 2.37. The summed E-state index contributed by atoms with van der Waals surface area (Å²) in [5, 5.41) is 18.0. The smallest absolute Gasteiger partial charge is 0.166 e. The summed E-state index contributed by atoms with van der Waals surface area (Å²) in [6.45, 7) is 1.44.